The zero-order chi connectivity index (χ0) is 22.9. The lowest BCUT2D eigenvalue weighted by Gasteiger charge is -2.24. The number of nitrogens with zero attached hydrogens (tertiary/aromatic N) is 1. The van der Waals surface area contributed by atoms with Gasteiger partial charge in [0.05, 0.1) is 28.9 Å². The Labute approximate surface area is 186 Å². The molecule has 0 bridgehead atoms. The summed E-state index contributed by atoms with van der Waals surface area (Å²) in [5.41, 5.74) is 2.26. The molecule has 0 aliphatic carbocycles. The number of sulfonamides is 1. The highest BCUT2D eigenvalue weighted by molar-refractivity contribution is 7.92. The average molecular weight is 451 g/mol. The van der Waals surface area contributed by atoms with Crippen molar-refractivity contribution in [3.8, 4) is 0 Å². The van der Waals surface area contributed by atoms with E-state index in [2.05, 4.69) is 5.32 Å². The van der Waals surface area contributed by atoms with E-state index in [1.807, 2.05) is 25.1 Å². The summed E-state index contributed by atoms with van der Waals surface area (Å²) in [5, 5.41) is 2.67. The Morgan fingerprint density at radius 1 is 1.00 bits per heavy atom. The van der Waals surface area contributed by atoms with Gasteiger partial charge in [0.15, 0.2) is 0 Å². The van der Waals surface area contributed by atoms with Crippen LogP contribution in [-0.4, -0.2) is 33.4 Å². The van der Waals surface area contributed by atoms with E-state index in [1.54, 1.807) is 24.3 Å². The first-order valence-corrected chi connectivity index (χ1v) is 11.5. The summed E-state index contributed by atoms with van der Waals surface area (Å²) < 4.78 is 33.1. The Hall–Kier alpha value is -3.65. The van der Waals surface area contributed by atoms with Crippen molar-refractivity contribution >= 4 is 33.3 Å². The summed E-state index contributed by atoms with van der Waals surface area (Å²) in [6.45, 7) is 1.86. The first-order chi connectivity index (χ1) is 15.3. The smallest absolute Gasteiger partial charge is 0.339 e. The molecule has 3 aromatic carbocycles. The van der Waals surface area contributed by atoms with Crippen LogP contribution >= 0.6 is 0 Å². The maximum absolute atomic E-state index is 13.5. The molecular formula is C24H22N2O5S. The Morgan fingerprint density at radius 2 is 1.72 bits per heavy atom. The van der Waals surface area contributed by atoms with Crippen LogP contribution in [0.5, 0.6) is 0 Å². The number of ether oxygens (including phenoxy) is 1. The average Bonchev–Trinajstić information content (AvgIpc) is 3.15. The Balaban J connectivity index is 1.65. The number of para-hydroxylation sites is 2. The molecule has 0 spiro atoms. The Bertz CT molecular complexity index is 1300. The van der Waals surface area contributed by atoms with Gasteiger partial charge in [-0.05, 0) is 55.3 Å². The molecule has 0 saturated carbocycles. The number of fused-ring (bicyclic) bond motifs is 1. The lowest BCUT2D eigenvalue weighted by molar-refractivity contribution is 0.0602. The van der Waals surface area contributed by atoms with Gasteiger partial charge in [-0.15, -0.1) is 0 Å². The van der Waals surface area contributed by atoms with Crippen molar-refractivity contribution in [2.45, 2.75) is 24.3 Å². The molecule has 8 heteroatoms. The summed E-state index contributed by atoms with van der Waals surface area (Å²) in [5.74, 6) is -1.12. The van der Waals surface area contributed by atoms with E-state index in [4.69, 9.17) is 4.74 Å². The SMILES string of the molecule is COC(=O)c1ccccc1NC(=O)c1cccc(S(=O)(=O)N2c3ccccc3C[C@@H]2C)c1. The van der Waals surface area contributed by atoms with E-state index < -0.39 is 21.9 Å². The Kier molecular flexibility index (Phi) is 5.71. The van der Waals surface area contributed by atoms with Gasteiger partial charge in [-0.25, -0.2) is 13.2 Å². The fourth-order valence-corrected chi connectivity index (χ4v) is 5.63. The molecule has 7 nitrogen and oxygen atoms in total. The van der Waals surface area contributed by atoms with E-state index in [0.717, 1.165) is 5.56 Å². The summed E-state index contributed by atoms with van der Waals surface area (Å²) in [6.07, 6.45) is 0.625. The van der Waals surface area contributed by atoms with E-state index in [0.29, 0.717) is 12.1 Å². The van der Waals surface area contributed by atoms with Gasteiger partial charge in [0, 0.05) is 11.6 Å². The summed E-state index contributed by atoms with van der Waals surface area (Å²) in [4.78, 5) is 24.8. The number of methoxy groups -OCH3 is 1. The van der Waals surface area contributed by atoms with Gasteiger partial charge in [-0.3, -0.25) is 9.10 Å². The maximum Gasteiger partial charge on any atom is 0.339 e. The molecule has 1 atom stereocenters. The van der Waals surface area contributed by atoms with Crippen molar-refractivity contribution in [2.24, 2.45) is 0 Å². The molecule has 164 valence electrons. The van der Waals surface area contributed by atoms with Crippen LogP contribution in [0.1, 0.15) is 33.2 Å². The zero-order valence-corrected chi connectivity index (χ0v) is 18.4. The fourth-order valence-electron chi connectivity index (χ4n) is 3.89. The van der Waals surface area contributed by atoms with E-state index in [-0.39, 0.29) is 27.8 Å². The van der Waals surface area contributed by atoms with Gasteiger partial charge in [0.1, 0.15) is 0 Å². The second-order valence-electron chi connectivity index (χ2n) is 7.50. The van der Waals surface area contributed by atoms with Gasteiger partial charge >= 0.3 is 5.97 Å². The van der Waals surface area contributed by atoms with E-state index in [9.17, 15) is 18.0 Å². The summed E-state index contributed by atoms with van der Waals surface area (Å²) in [6, 6.07) is 19.5. The molecule has 0 unspecified atom stereocenters. The number of rotatable bonds is 5. The molecule has 1 amide bonds. The molecule has 0 saturated heterocycles. The van der Waals surface area contributed by atoms with Crippen molar-refractivity contribution < 1.29 is 22.7 Å². The largest absolute Gasteiger partial charge is 0.465 e. The van der Waals surface area contributed by atoms with Crippen molar-refractivity contribution in [1.82, 2.24) is 0 Å². The molecular weight excluding hydrogens is 428 g/mol. The first-order valence-electron chi connectivity index (χ1n) is 10.0. The first kappa shape index (κ1) is 21.6. The van der Waals surface area contributed by atoms with Crippen LogP contribution in [0.2, 0.25) is 0 Å². The number of hydrogen-bond acceptors (Lipinski definition) is 5. The van der Waals surface area contributed by atoms with Crippen LogP contribution in [0.4, 0.5) is 11.4 Å². The van der Waals surface area contributed by atoms with Crippen LogP contribution in [-0.2, 0) is 21.2 Å². The van der Waals surface area contributed by atoms with E-state index >= 15 is 0 Å². The minimum Gasteiger partial charge on any atom is -0.465 e. The minimum absolute atomic E-state index is 0.0231. The van der Waals surface area contributed by atoms with Crippen LogP contribution in [0.3, 0.4) is 0 Å². The van der Waals surface area contributed by atoms with Crippen LogP contribution < -0.4 is 9.62 Å². The summed E-state index contributed by atoms with van der Waals surface area (Å²) >= 11 is 0. The van der Waals surface area contributed by atoms with Crippen molar-refractivity contribution in [1.29, 1.82) is 0 Å². The quantitative estimate of drug-likeness (QED) is 0.596. The van der Waals surface area contributed by atoms with Gasteiger partial charge in [-0.2, -0.15) is 0 Å². The van der Waals surface area contributed by atoms with Gasteiger partial charge in [0.25, 0.3) is 15.9 Å². The lowest BCUT2D eigenvalue weighted by atomic mass is 10.1. The number of carbonyl (C=O) groups is 2. The lowest BCUT2D eigenvalue weighted by Crippen LogP contribution is -2.35. The standard InChI is InChI=1S/C24H22N2O5S/c1-16-14-17-8-3-6-13-22(17)26(16)32(29,30)19-10-7-9-18(15-19)23(27)25-21-12-5-4-11-20(21)24(28)31-2/h3-13,15-16H,14H2,1-2H3,(H,25,27)/t16-/m0/s1. The zero-order valence-electron chi connectivity index (χ0n) is 17.6. The van der Waals surface area contributed by atoms with E-state index in [1.165, 1.54) is 41.7 Å². The highest BCUT2D eigenvalue weighted by Crippen LogP contribution is 2.36. The van der Waals surface area contributed by atoms with Crippen molar-refractivity contribution in [3.05, 3.63) is 89.5 Å². The molecule has 0 aromatic heterocycles. The monoisotopic (exact) mass is 450 g/mol. The van der Waals surface area contributed by atoms with Crippen molar-refractivity contribution in [3.63, 3.8) is 0 Å². The molecule has 0 radical (unpaired) electrons. The number of hydrogen-bond donors (Lipinski definition) is 1. The molecule has 4 rings (SSSR count). The predicted molar refractivity (Wildman–Crippen MR) is 121 cm³/mol. The second kappa shape index (κ2) is 8.47. The van der Waals surface area contributed by atoms with Crippen LogP contribution in [0.15, 0.2) is 77.7 Å². The minimum atomic E-state index is -3.88. The molecule has 1 N–H and O–H groups in total. The maximum atomic E-state index is 13.5. The molecule has 1 heterocycles. The van der Waals surface area contributed by atoms with Gasteiger partial charge < -0.3 is 10.1 Å². The molecule has 32 heavy (non-hydrogen) atoms. The predicted octanol–water partition coefficient (Wildman–Crippen LogP) is 3.87. The molecule has 1 aliphatic rings. The molecule has 3 aromatic rings. The topological polar surface area (TPSA) is 92.8 Å². The second-order valence-corrected chi connectivity index (χ2v) is 9.32. The highest BCUT2D eigenvalue weighted by Gasteiger charge is 2.36. The highest BCUT2D eigenvalue weighted by atomic mass is 32.2. The fraction of sp³-hybridized carbons (Fsp3) is 0.167. The number of nitrogens with one attached hydrogen (secondary N) is 1. The third kappa shape index (κ3) is 3.85. The third-order valence-corrected chi connectivity index (χ3v) is 7.30. The third-order valence-electron chi connectivity index (χ3n) is 5.38. The number of benzene rings is 3. The number of amides is 1. The number of esters is 1. The van der Waals surface area contributed by atoms with Gasteiger partial charge in [-0.1, -0.05) is 36.4 Å². The Morgan fingerprint density at radius 3 is 2.50 bits per heavy atom. The van der Waals surface area contributed by atoms with Gasteiger partial charge in [0.2, 0.25) is 0 Å². The normalized spacial score (nSPS) is 15.2. The van der Waals surface area contributed by atoms with Crippen LogP contribution in [0.25, 0.3) is 0 Å². The number of anilines is 2. The molecule has 0 fully saturated rings. The molecule has 1 aliphatic heterocycles. The van der Waals surface area contributed by atoms with Crippen LogP contribution in [0, 0.1) is 0 Å². The van der Waals surface area contributed by atoms with Crippen molar-refractivity contribution in [2.75, 3.05) is 16.7 Å². The number of carbonyl (C=O) groups excluding carboxylic acids is 2. The summed E-state index contributed by atoms with van der Waals surface area (Å²) in [7, 11) is -2.62.